The topological polar surface area (TPSA) is 66.2 Å². The van der Waals surface area contributed by atoms with Crippen LogP contribution in [0.3, 0.4) is 0 Å². The largest absolute Gasteiger partial charge is 0.473 e. The Hall–Kier alpha value is -2.58. The molecule has 0 atom stereocenters. The number of ether oxygens (including phenoxy) is 1. The highest BCUT2D eigenvalue weighted by Gasteiger charge is 2.45. The van der Waals surface area contributed by atoms with Crippen LogP contribution >= 0.6 is 11.6 Å². The molecule has 1 aliphatic heterocycles. The van der Waals surface area contributed by atoms with Gasteiger partial charge in [0, 0.05) is 37.2 Å². The van der Waals surface area contributed by atoms with Gasteiger partial charge in [-0.15, -0.1) is 0 Å². The van der Waals surface area contributed by atoms with Gasteiger partial charge >= 0.3 is 0 Å². The molecule has 2 fully saturated rings. The van der Waals surface area contributed by atoms with Crippen molar-refractivity contribution >= 4 is 17.5 Å². The second-order valence-corrected chi connectivity index (χ2v) is 8.31. The van der Waals surface area contributed by atoms with Gasteiger partial charge in [-0.05, 0) is 42.7 Å². The first-order valence-corrected chi connectivity index (χ1v) is 10.6. The predicted octanol–water partition coefficient (Wildman–Crippen LogP) is 4.49. The molecule has 0 unspecified atom stereocenters. The summed E-state index contributed by atoms with van der Waals surface area (Å²) in [5, 5.41) is 9.90. The number of pyridine rings is 1. The minimum Gasteiger partial charge on any atom is -0.473 e. The van der Waals surface area contributed by atoms with Crippen molar-refractivity contribution in [3.05, 3.63) is 58.7 Å². The van der Waals surface area contributed by atoms with E-state index in [-0.39, 0.29) is 12.0 Å². The van der Waals surface area contributed by atoms with Gasteiger partial charge in [-0.2, -0.15) is 5.26 Å². The van der Waals surface area contributed by atoms with E-state index in [4.69, 9.17) is 16.3 Å². The maximum atomic E-state index is 13.6. The van der Waals surface area contributed by atoms with Gasteiger partial charge in [0.25, 0.3) is 0 Å². The molecule has 2 heterocycles. The Labute approximate surface area is 176 Å². The Morgan fingerprint density at radius 3 is 2.52 bits per heavy atom. The van der Waals surface area contributed by atoms with E-state index >= 15 is 0 Å². The van der Waals surface area contributed by atoms with Gasteiger partial charge in [-0.1, -0.05) is 36.6 Å². The van der Waals surface area contributed by atoms with Crippen molar-refractivity contribution in [1.29, 1.82) is 5.26 Å². The number of benzene rings is 1. The fourth-order valence-corrected chi connectivity index (χ4v) is 4.71. The van der Waals surface area contributed by atoms with Crippen molar-refractivity contribution in [3.63, 3.8) is 0 Å². The van der Waals surface area contributed by atoms with Crippen LogP contribution in [0.2, 0.25) is 5.02 Å². The van der Waals surface area contributed by atoms with Crippen LogP contribution in [0.15, 0.2) is 42.6 Å². The number of amides is 1. The number of hydrogen-bond acceptors (Lipinski definition) is 4. The third-order valence-electron chi connectivity index (χ3n) is 6.16. The first-order valence-electron chi connectivity index (χ1n) is 10.2. The Kier molecular flexibility index (Phi) is 5.73. The van der Waals surface area contributed by atoms with Crippen molar-refractivity contribution in [2.24, 2.45) is 0 Å². The van der Waals surface area contributed by atoms with Gasteiger partial charge in [0.1, 0.15) is 17.7 Å². The van der Waals surface area contributed by atoms with Crippen LogP contribution in [-0.4, -0.2) is 35.0 Å². The van der Waals surface area contributed by atoms with Crippen molar-refractivity contribution in [2.45, 2.75) is 50.0 Å². The van der Waals surface area contributed by atoms with Gasteiger partial charge in [-0.3, -0.25) is 4.79 Å². The number of piperidine rings is 1. The number of nitrogens with zero attached hydrogens (tertiary/aromatic N) is 3. The molecule has 1 aliphatic carbocycles. The maximum Gasteiger partial charge on any atom is 0.233 e. The van der Waals surface area contributed by atoms with Crippen LogP contribution in [0.5, 0.6) is 5.88 Å². The molecule has 1 amide bonds. The van der Waals surface area contributed by atoms with Gasteiger partial charge in [0.05, 0.1) is 5.41 Å². The maximum absolute atomic E-state index is 13.6. The van der Waals surface area contributed by atoms with E-state index in [0.717, 1.165) is 44.1 Å². The molecule has 2 aliphatic rings. The highest BCUT2D eigenvalue weighted by atomic mass is 35.5. The molecule has 1 aromatic heterocycles. The van der Waals surface area contributed by atoms with Crippen molar-refractivity contribution in [2.75, 3.05) is 13.1 Å². The van der Waals surface area contributed by atoms with Crippen molar-refractivity contribution < 1.29 is 9.53 Å². The summed E-state index contributed by atoms with van der Waals surface area (Å²) in [5.41, 5.74) is 1.10. The van der Waals surface area contributed by atoms with E-state index in [2.05, 4.69) is 11.1 Å². The summed E-state index contributed by atoms with van der Waals surface area (Å²) in [4.78, 5) is 19.7. The Bertz CT molecular complexity index is 908. The molecule has 5 nitrogen and oxygen atoms in total. The molecule has 2 aromatic rings. The van der Waals surface area contributed by atoms with E-state index < -0.39 is 5.41 Å². The smallest absolute Gasteiger partial charge is 0.233 e. The molecule has 4 rings (SSSR count). The zero-order chi connectivity index (χ0) is 20.3. The molecule has 0 spiro atoms. The molecule has 1 saturated carbocycles. The van der Waals surface area contributed by atoms with Crippen LogP contribution in [0.4, 0.5) is 0 Å². The Morgan fingerprint density at radius 2 is 1.86 bits per heavy atom. The van der Waals surface area contributed by atoms with Crippen LogP contribution in [0.25, 0.3) is 0 Å². The monoisotopic (exact) mass is 409 g/mol. The predicted molar refractivity (Wildman–Crippen MR) is 111 cm³/mol. The third kappa shape index (κ3) is 3.95. The number of halogens is 1. The standard InChI is InChI=1S/C23H24ClN3O2/c24-19-7-5-18(6-8-19)23(11-1-2-12-23)22(28)27-14-9-20(10-15-27)29-21-17(16-25)4-3-13-26-21/h3-8,13,20H,1-2,9-12,14-15H2. The fourth-order valence-electron chi connectivity index (χ4n) is 4.58. The molecule has 0 radical (unpaired) electrons. The first-order chi connectivity index (χ1) is 14.1. The lowest BCUT2D eigenvalue weighted by Gasteiger charge is -2.38. The van der Waals surface area contributed by atoms with Crippen LogP contribution < -0.4 is 4.74 Å². The Balaban J connectivity index is 1.44. The molecular weight excluding hydrogens is 386 g/mol. The number of likely N-dealkylation sites (tertiary alicyclic amines) is 1. The first kappa shape index (κ1) is 19.7. The van der Waals surface area contributed by atoms with E-state index in [1.807, 2.05) is 29.2 Å². The summed E-state index contributed by atoms with van der Waals surface area (Å²) < 4.78 is 5.97. The van der Waals surface area contributed by atoms with Crippen molar-refractivity contribution in [3.8, 4) is 11.9 Å². The van der Waals surface area contributed by atoms with Crippen LogP contribution in [0, 0.1) is 11.3 Å². The number of aromatic nitrogens is 1. The molecular formula is C23H24ClN3O2. The highest BCUT2D eigenvalue weighted by Crippen LogP contribution is 2.43. The zero-order valence-electron chi connectivity index (χ0n) is 16.3. The van der Waals surface area contributed by atoms with Crippen LogP contribution in [-0.2, 0) is 10.2 Å². The molecule has 1 aromatic carbocycles. The molecule has 0 N–H and O–H groups in total. The van der Waals surface area contributed by atoms with Gasteiger partial charge < -0.3 is 9.64 Å². The number of nitriles is 1. The Morgan fingerprint density at radius 1 is 1.17 bits per heavy atom. The lowest BCUT2D eigenvalue weighted by Crippen LogP contribution is -2.50. The molecule has 0 bridgehead atoms. The van der Waals surface area contributed by atoms with E-state index in [0.29, 0.717) is 29.6 Å². The van der Waals surface area contributed by atoms with Crippen molar-refractivity contribution in [1.82, 2.24) is 9.88 Å². The summed E-state index contributed by atoms with van der Waals surface area (Å²) in [6, 6.07) is 13.3. The second kappa shape index (κ2) is 8.42. The fraction of sp³-hybridized carbons (Fsp3) is 0.435. The normalized spacial score (nSPS) is 19.0. The summed E-state index contributed by atoms with van der Waals surface area (Å²) >= 11 is 6.06. The zero-order valence-corrected chi connectivity index (χ0v) is 17.1. The molecule has 1 saturated heterocycles. The van der Waals surface area contributed by atoms with E-state index in [1.54, 1.807) is 18.3 Å². The van der Waals surface area contributed by atoms with E-state index in [1.165, 1.54) is 0 Å². The van der Waals surface area contributed by atoms with Gasteiger partial charge in [0.2, 0.25) is 11.8 Å². The second-order valence-electron chi connectivity index (χ2n) is 7.87. The highest BCUT2D eigenvalue weighted by molar-refractivity contribution is 6.30. The number of rotatable bonds is 4. The third-order valence-corrected chi connectivity index (χ3v) is 6.41. The van der Waals surface area contributed by atoms with Crippen LogP contribution in [0.1, 0.15) is 49.7 Å². The minimum atomic E-state index is -0.423. The minimum absolute atomic E-state index is 0.0314. The molecule has 150 valence electrons. The number of carbonyl (C=O) groups excluding carboxylic acids is 1. The van der Waals surface area contributed by atoms with Gasteiger partial charge in [-0.25, -0.2) is 4.98 Å². The molecule has 6 heteroatoms. The summed E-state index contributed by atoms with van der Waals surface area (Å²) in [6.45, 7) is 1.32. The summed E-state index contributed by atoms with van der Waals surface area (Å²) in [6.07, 6.45) is 7.01. The average Bonchev–Trinajstić information content (AvgIpc) is 3.26. The summed E-state index contributed by atoms with van der Waals surface area (Å²) in [7, 11) is 0. The quantitative estimate of drug-likeness (QED) is 0.746. The average molecular weight is 410 g/mol. The lowest BCUT2D eigenvalue weighted by atomic mass is 9.77. The number of carbonyl (C=O) groups is 1. The summed E-state index contributed by atoms with van der Waals surface area (Å²) in [5.74, 6) is 0.611. The van der Waals surface area contributed by atoms with Gasteiger partial charge in [0.15, 0.2) is 0 Å². The SMILES string of the molecule is N#Cc1cccnc1OC1CCN(C(=O)C2(c3ccc(Cl)cc3)CCCC2)CC1. The number of hydrogen-bond donors (Lipinski definition) is 0. The molecule has 29 heavy (non-hydrogen) atoms. The van der Waals surface area contributed by atoms with E-state index in [9.17, 15) is 10.1 Å². The lowest BCUT2D eigenvalue weighted by molar-refractivity contribution is -0.139.